The van der Waals surface area contributed by atoms with Crippen molar-refractivity contribution >= 4 is 29.1 Å². The van der Waals surface area contributed by atoms with Gasteiger partial charge in [0.05, 0.1) is 10.7 Å². The van der Waals surface area contributed by atoms with Crippen LogP contribution in [0.3, 0.4) is 0 Å². The van der Waals surface area contributed by atoms with Crippen molar-refractivity contribution < 1.29 is 9.13 Å². The molecule has 2 nitrogen and oxygen atoms in total. The summed E-state index contributed by atoms with van der Waals surface area (Å²) in [6.45, 7) is 0.484. The number of rotatable bonds is 3. The third kappa shape index (κ3) is 3.30. The molecule has 0 unspecified atom stereocenters. The van der Waals surface area contributed by atoms with Crippen LogP contribution in [0, 0.1) is 5.82 Å². The minimum atomic E-state index is -0.519. The number of nitrogen functional groups attached to an aromatic ring is 1. The molecule has 0 aliphatic carbocycles. The molecule has 17 heavy (non-hydrogen) atoms. The number of thioether (sulfide) groups is 1. The largest absolute Gasteiger partial charge is 0.488 e. The number of anilines is 1. The van der Waals surface area contributed by atoms with Gasteiger partial charge in [0.1, 0.15) is 18.2 Å². The van der Waals surface area contributed by atoms with E-state index in [1.54, 1.807) is 0 Å². The smallest absolute Gasteiger partial charge is 0.147 e. The summed E-state index contributed by atoms with van der Waals surface area (Å²) < 4.78 is 18.6. The number of halogens is 2. The first-order chi connectivity index (χ1) is 8.16. The molecule has 0 saturated heterocycles. The molecule has 1 aromatic carbocycles. The van der Waals surface area contributed by atoms with Crippen LogP contribution in [0.25, 0.3) is 0 Å². The molecule has 0 fully saturated rings. The number of hydrogen-bond acceptors (Lipinski definition) is 3. The van der Waals surface area contributed by atoms with Gasteiger partial charge in [-0.25, -0.2) is 4.39 Å². The van der Waals surface area contributed by atoms with Gasteiger partial charge in [-0.05, 0) is 23.8 Å². The first-order valence-corrected chi connectivity index (χ1v) is 6.83. The summed E-state index contributed by atoms with van der Waals surface area (Å²) in [7, 11) is 0. The highest BCUT2D eigenvalue weighted by Gasteiger charge is 2.09. The molecule has 0 spiro atoms. The maximum atomic E-state index is 13.1. The third-order valence-corrected chi connectivity index (χ3v) is 3.84. The first-order valence-electron chi connectivity index (χ1n) is 5.30. The quantitative estimate of drug-likeness (QED) is 0.676. The zero-order chi connectivity index (χ0) is 12.3. The fraction of sp³-hybridized carbons (Fsp3) is 0.333. The van der Waals surface area contributed by atoms with E-state index in [1.807, 2.05) is 11.8 Å². The van der Waals surface area contributed by atoms with Gasteiger partial charge in [-0.3, -0.25) is 0 Å². The lowest BCUT2D eigenvalue weighted by Crippen LogP contribution is -2.07. The van der Waals surface area contributed by atoms with E-state index < -0.39 is 5.82 Å². The topological polar surface area (TPSA) is 35.2 Å². The van der Waals surface area contributed by atoms with E-state index in [1.165, 1.54) is 17.7 Å². The molecule has 1 heterocycles. The number of ether oxygens (including phenoxy) is 1. The highest BCUT2D eigenvalue weighted by molar-refractivity contribution is 7.99. The number of allylic oxidation sites excluding steroid dienone is 1. The summed E-state index contributed by atoms with van der Waals surface area (Å²) in [6.07, 6.45) is 3.25. The molecule has 5 heteroatoms. The van der Waals surface area contributed by atoms with E-state index in [-0.39, 0.29) is 10.7 Å². The second-order valence-corrected chi connectivity index (χ2v) is 5.31. The van der Waals surface area contributed by atoms with E-state index in [0.717, 1.165) is 17.9 Å². The van der Waals surface area contributed by atoms with Crippen LogP contribution in [0.4, 0.5) is 10.1 Å². The Kier molecular flexibility index (Phi) is 4.18. The van der Waals surface area contributed by atoms with E-state index in [0.29, 0.717) is 12.4 Å². The molecular weight excluding hydrogens is 261 g/mol. The molecule has 0 aromatic heterocycles. The fourth-order valence-corrected chi connectivity index (χ4v) is 2.63. The lowest BCUT2D eigenvalue weighted by molar-refractivity contribution is 0.352. The van der Waals surface area contributed by atoms with Crippen LogP contribution in [0.2, 0.25) is 5.02 Å². The number of nitrogens with two attached hydrogens (primary N) is 1. The van der Waals surface area contributed by atoms with Gasteiger partial charge in [0, 0.05) is 11.8 Å². The SMILES string of the molecule is Nc1cc(OCC2=CCCSC2)c(Cl)cc1F. The second kappa shape index (κ2) is 5.65. The lowest BCUT2D eigenvalue weighted by atomic mass is 10.2. The van der Waals surface area contributed by atoms with Crippen molar-refractivity contribution in [2.75, 3.05) is 23.8 Å². The van der Waals surface area contributed by atoms with Gasteiger partial charge in [-0.1, -0.05) is 17.7 Å². The Labute approximate surface area is 109 Å². The van der Waals surface area contributed by atoms with Crippen LogP contribution in [0.1, 0.15) is 6.42 Å². The van der Waals surface area contributed by atoms with Gasteiger partial charge in [0.15, 0.2) is 0 Å². The van der Waals surface area contributed by atoms with Crippen LogP contribution in [0.5, 0.6) is 5.75 Å². The number of benzene rings is 1. The lowest BCUT2D eigenvalue weighted by Gasteiger charge is -2.14. The van der Waals surface area contributed by atoms with Crippen molar-refractivity contribution in [1.29, 1.82) is 0 Å². The summed E-state index contributed by atoms with van der Waals surface area (Å²) in [6, 6.07) is 2.60. The molecule has 0 atom stereocenters. The van der Waals surface area contributed by atoms with Crippen LogP contribution < -0.4 is 10.5 Å². The Hall–Kier alpha value is -0.870. The summed E-state index contributed by atoms with van der Waals surface area (Å²) in [5.74, 6) is 2.05. The maximum absolute atomic E-state index is 13.1. The van der Waals surface area contributed by atoms with Crippen LogP contribution in [0.15, 0.2) is 23.8 Å². The van der Waals surface area contributed by atoms with Gasteiger partial charge in [0.25, 0.3) is 0 Å². The van der Waals surface area contributed by atoms with E-state index >= 15 is 0 Å². The minimum absolute atomic E-state index is 0.0522. The van der Waals surface area contributed by atoms with Crippen molar-refractivity contribution in [3.63, 3.8) is 0 Å². The Morgan fingerprint density at radius 2 is 2.29 bits per heavy atom. The average molecular weight is 274 g/mol. The van der Waals surface area contributed by atoms with Crippen LogP contribution in [-0.2, 0) is 0 Å². The summed E-state index contributed by atoms with van der Waals surface area (Å²) in [5.41, 5.74) is 6.75. The van der Waals surface area contributed by atoms with Gasteiger partial charge >= 0.3 is 0 Å². The molecule has 1 aliphatic rings. The summed E-state index contributed by atoms with van der Waals surface area (Å²) >= 11 is 7.76. The molecule has 0 saturated carbocycles. The molecule has 0 amide bonds. The Bertz CT molecular complexity index is 450. The number of hydrogen-bond donors (Lipinski definition) is 1. The molecule has 1 aromatic rings. The highest BCUT2D eigenvalue weighted by atomic mass is 35.5. The fourth-order valence-electron chi connectivity index (χ4n) is 1.54. The van der Waals surface area contributed by atoms with Crippen molar-refractivity contribution in [3.05, 3.63) is 34.6 Å². The Morgan fingerprint density at radius 1 is 1.47 bits per heavy atom. The van der Waals surface area contributed by atoms with Gasteiger partial charge in [-0.15, -0.1) is 0 Å². The van der Waals surface area contributed by atoms with E-state index in [4.69, 9.17) is 22.1 Å². The zero-order valence-electron chi connectivity index (χ0n) is 9.21. The molecule has 1 aliphatic heterocycles. The molecule has 92 valence electrons. The van der Waals surface area contributed by atoms with Crippen molar-refractivity contribution in [2.45, 2.75) is 6.42 Å². The van der Waals surface area contributed by atoms with Gasteiger partial charge < -0.3 is 10.5 Å². The van der Waals surface area contributed by atoms with Gasteiger partial charge in [0.2, 0.25) is 0 Å². The monoisotopic (exact) mass is 273 g/mol. The molecule has 0 bridgehead atoms. The molecule has 2 rings (SSSR count). The first kappa shape index (κ1) is 12.6. The summed E-state index contributed by atoms with van der Waals surface area (Å²) in [5, 5.41) is 0.251. The average Bonchev–Trinajstić information content (AvgIpc) is 2.33. The Morgan fingerprint density at radius 3 is 3.00 bits per heavy atom. The minimum Gasteiger partial charge on any atom is -0.488 e. The third-order valence-electron chi connectivity index (χ3n) is 2.45. The predicted octanol–water partition coefficient (Wildman–Crippen LogP) is 3.50. The van der Waals surface area contributed by atoms with Crippen LogP contribution in [-0.4, -0.2) is 18.1 Å². The highest BCUT2D eigenvalue weighted by Crippen LogP contribution is 2.29. The van der Waals surface area contributed by atoms with Gasteiger partial charge in [-0.2, -0.15) is 11.8 Å². The van der Waals surface area contributed by atoms with Crippen LogP contribution >= 0.6 is 23.4 Å². The molecule has 0 radical (unpaired) electrons. The Balaban J connectivity index is 2.03. The molecule has 2 N–H and O–H groups in total. The van der Waals surface area contributed by atoms with Crippen molar-refractivity contribution in [2.24, 2.45) is 0 Å². The maximum Gasteiger partial charge on any atom is 0.147 e. The van der Waals surface area contributed by atoms with Crippen molar-refractivity contribution in [3.8, 4) is 5.75 Å². The standard InChI is InChI=1S/C12H13ClFNOS/c13-9-4-10(14)11(15)5-12(9)16-6-8-2-1-3-17-7-8/h2,4-5H,1,3,6-7,15H2. The van der Waals surface area contributed by atoms with E-state index in [2.05, 4.69) is 6.08 Å². The summed E-state index contributed by atoms with van der Waals surface area (Å²) in [4.78, 5) is 0. The predicted molar refractivity (Wildman–Crippen MR) is 71.3 cm³/mol. The van der Waals surface area contributed by atoms with Crippen molar-refractivity contribution in [1.82, 2.24) is 0 Å². The molecular formula is C12H13ClFNOS. The second-order valence-electron chi connectivity index (χ2n) is 3.80. The normalized spacial score (nSPS) is 15.5. The zero-order valence-corrected chi connectivity index (χ0v) is 10.8. The van der Waals surface area contributed by atoms with E-state index in [9.17, 15) is 4.39 Å².